The van der Waals surface area contributed by atoms with Crippen LogP contribution in [0.15, 0.2) is 0 Å². The molecule has 3 unspecified atom stereocenters. The molecule has 0 bridgehead atoms. The molecule has 6 atom stereocenters. The van der Waals surface area contributed by atoms with E-state index in [4.69, 9.17) is 37.0 Å². The second kappa shape index (κ2) is 58.4. The van der Waals surface area contributed by atoms with E-state index in [1.165, 1.54) is 141 Å². The van der Waals surface area contributed by atoms with Gasteiger partial charge in [-0.05, 0) is 37.5 Å². The summed E-state index contributed by atoms with van der Waals surface area (Å²) in [6, 6.07) is 0. The fourth-order valence-corrected chi connectivity index (χ4v) is 11.4. The topological polar surface area (TPSA) is 237 Å². The summed E-state index contributed by atoms with van der Waals surface area (Å²) in [6.45, 7) is 9.36. The van der Waals surface area contributed by atoms with Crippen LogP contribution in [0.3, 0.4) is 0 Å². The molecule has 0 aliphatic rings. The number of phosphoric acid groups is 2. The number of phosphoric ester groups is 2. The van der Waals surface area contributed by atoms with Crippen molar-refractivity contribution in [2.24, 2.45) is 11.8 Å². The second-order valence-corrected chi connectivity index (χ2v) is 27.5. The minimum absolute atomic E-state index is 0.101. The molecule has 0 aromatic carbocycles. The van der Waals surface area contributed by atoms with E-state index >= 15 is 0 Å². The predicted octanol–water partition coefficient (Wildman–Crippen LogP) is 18.4. The van der Waals surface area contributed by atoms with E-state index in [1.54, 1.807) is 0 Å². The van der Waals surface area contributed by atoms with Crippen molar-refractivity contribution in [1.82, 2.24) is 0 Å². The number of aliphatic hydroxyl groups is 1. The van der Waals surface area contributed by atoms with Gasteiger partial charge < -0.3 is 33.8 Å². The first-order valence-corrected chi connectivity index (χ1v) is 37.5. The average molecular weight is 1260 g/mol. The van der Waals surface area contributed by atoms with Gasteiger partial charge in [-0.3, -0.25) is 37.3 Å². The highest BCUT2D eigenvalue weighted by molar-refractivity contribution is 7.47. The van der Waals surface area contributed by atoms with Gasteiger partial charge in [-0.25, -0.2) is 9.13 Å². The zero-order valence-electron chi connectivity index (χ0n) is 54.9. The molecule has 0 heterocycles. The van der Waals surface area contributed by atoms with Gasteiger partial charge in [0.2, 0.25) is 0 Å². The van der Waals surface area contributed by atoms with Crippen molar-refractivity contribution >= 4 is 39.5 Å². The van der Waals surface area contributed by atoms with Crippen molar-refractivity contribution in [3.63, 3.8) is 0 Å². The van der Waals surface area contributed by atoms with Crippen LogP contribution in [-0.4, -0.2) is 96.7 Å². The monoisotopic (exact) mass is 1250 g/mol. The van der Waals surface area contributed by atoms with E-state index in [-0.39, 0.29) is 25.7 Å². The fraction of sp³-hybridized carbons (Fsp3) is 0.939. The minimum Gasteiger partial charge on any atom is -0.462 e. The van der Waals surface area contributed by atoms with Crippen LogP contribution in [0.4, 0.5) is 0 Å². The average Bonchev–Trinajstić information content (AvgIpc) is 3.51. The molecular formula is C66H128O17P2. The Labute approximate surface area is 517 Å². The molecule has 0 saturated heterocycles. The summed E-state index contributed by atoms with van der Waals surface area (Å²) >= 11 is 0. The molecule has 19 heteroatoms. The summed E-state index contributed by atoms with van der Waals surface area (Å²) in [5.41, 5.74) is 0. The summed E-state index contributed by atoms with van der Waals surface area (Å²) in [5, 5.41) is 10.5. The number of unbranched alkanes of at least 4 members (excludes halogenated alkanes) is 34. The highest BCUT2D eigenvalue weighted by Crippen LogP contribution is 2.45. The van der Waals surface area contributed by atoms with E-state index in [1.807, 2.05) is 0 Å². The number of carbonyl (C=O) groups excluding carboxylic acids is 4. The zero-order chi connectivity index (χ0) is 62.9. The van der Waals surface area contributed by atoms with Gasteiger partial charge in [-0.2, -0.15) is 0 Å². The highest BCUT2D eigenvalue weighted by atomic mass is 31.2. The maximum absolute atomic E-state index is 13.0. The van der Waals surface area contributed by atoms with Crippen molar-refractivity contribution in [3.05, 3.63) is 0 Å². The van der Waals surface area contributed by atoms with Crippen LogP contribution >= 0.6 is 15.6 Å². The van der Waals surface area contributed by atoms with Gasteiger partial charge in [0, 0.05) is 25.7 Å². The third kappa shape index (κ3) is 59.5. The predicted molar refractivity (Wildman–Crippen MR) is 340 cm³/mol. The molecule has 504 valence electrons. The molecule has 0 amide bonds. The zero-order valence-corrected chi connectivity index (χ0v) is 56.7. The van der Waals surface area contributed by atoms with Gasteiger partial charge in [0.05, 0.1) is 26.4 Å². The van der Waals surface area contributed by atoms with Gasteiger partial charge in [0.1, 0.15) is 19.3 Å². The Morgan fingerprint density at radius 1 is 0.341 bits per heavy atom. The SMILES string of the molecule is CCCCCCCCCCCCCCCCCCCC(=O)O[C@H](COC(=O)CCCCCCCCCCCCC(C)CC)COP(=O)(O)OC[C@@H](O)COP(=O)(O)OC[C@@H](COC(=O)CCCCCCC)OC(=O)CCCCCCCCC(C)C. The lowest BCUT2D eigenvalue weighted by Crippen LogP contribution is -2.30. The van der Waals surface area contributed by atoms with Crippen molar-refractivity contribution in [2.45, 2.75) is 349 Å². The summed E-state index contributed by atoms with van der Waals surface area (Å²) in [7, 11) is -9.88. The van der Waals surface area contributed by atoms with Crippen LogP contribution in [-0.2, 0) is 65.4 Å². The molecule has 3 N–H and O–H groups in total. The first-order valence-electron chi connectivity index (χ1n) is 34.5. The van der Waals surface area contributed by atoms with Crippen LogP contribution in [0.5, 0.6) is 0 Å². The van der Waals surface area contributed by atoms with Crippen molar-refractivity contribution < 1.29 is 80.2 Å². The third-order valence-corrected chi connectivity index (χ3v) is 17.5. The summed E-state index contributed by atoms with van der Waals surface area (Å²) in [6.07, 6.45) is 42.2. The molecule has 0 rings (SSSR count). The van der Waals surface area contributed by atoms with Crippen LogP contribution in [0.25, 0.3) is 0 Å². The largest absolute Gasteiger partial charge is 0.472 e. The fourth-order valence-electron chi connectivity index (χ4n) is 9.85. The Morgan fingerprint density at radius 2 is 0.600 bits per heavy atom. The maximum atomic E-state index is 13.0. The number of rotatable bonds is 65. The number of carbonyl (C=O) groups is 4. The Bertz CT molecular complexity index is 1670. The van der Waals surface area contributed by atoms with Crippen LogP contribution in [0.2, 0.25) is 0 Å². The van der Waals surface area contributed by atoms with Gasteiger partial charge in [0.25, 0.3) is 0 Å². The van der Waals surface area contributed by atoms with Crippen LogP contribution in [0.1, 0.15) is 330 Å². The maximum Gasteiger partial charge on any atom is 0.472 e. The van der Waals surface area contributed by atoms with Gasteiger partial charge in [-0.15, -0.1) is 0 Å². The highest BCUT2D eigenvalue weighted by Gasteiger charge is 2.30. The Hall–Kier alpha value is -1.94. The lowest BCUT2D eigenvalue weighted by atomic mass is 9.99. The molecule has 0 fully saturated rings. The number of hydrogen-bond acceptors (Lipinski definition) is 15. The van der Waals surface area contributed by atoms with Gasteiger partial charge in [-0.1, -0.05) is 279 Å². The van der Waals surface area contributed by atoms with Crippen molar-refractivity contribution in [1.29, 1.82) is 0 Å². The molecule has 0 aromatic rings. The van der Waals surface area contributed by atoms with E-state index in [2.05, 4.69) is 41.5 Å². The van der Waals surface area contributed by atoms with Crippen molar-refractivity contribution in [3.8, 4) is 0 Å². The Kier molecular flexibility index (Phi) is 57.1. The molecule has 0 saturated carbocycles. The first kappa shape index (κ1) is 83.1. The van der Waals surface area contributed by atoms with E-state index in [0.29, 0.717) is 31.6 Å². The number of hydrogen-bond donors (Lipinski definition) is 3. The lowest BCUT2D eigenvalue weighted by Gasteiger charge is -2.21. The van der Waals surface area contributed by atoms with Crippen molar-refractivity contribution in [2.75, 3.05) is 39.6 Å². The summed E-state index contributed by atoms with van der Waals surface area (Å²) < 4.78 is 67.9. The molecule has 0 aliphatic heterocycles. The van der Waals surface area contributed by atoms with Gasteiger partial charge >= 0.3 is 39.5 Å². The van der Waals surface area contributed by atoms with E-state index in [0.717, 1.165) is 102 Å². The molecule has 0 spiro atoms. The van der Waals surface area contributed by atoms with Crippen LogP contribution < -0.4 is 0 Å². The summed E-state index contributed by atoms with van der Waals surface area (Å²) in [4.78, 5) is 72.0. The molecule has 85 heavy (non-hydrogen) atoms. The second-order valence-electron chi connectivity index (χ2n) is 24.6. The molecule has 0 aromatic heterocycles. The number of ether oxygens (including phenoxy) is 4. The molecule has 0 radical (unpaired) electrons. The van der Waals surface area contributed by atoms with Gasteiger partial charge in [0.15, 0.2) is 12.2 Å². The van der Waals surface area contributed by atoms with Crippen LogP contribution in [0, 0.1) is 11.8 Å². The normalized spacial score (nSPS) is 14.6. The lowest BCUT2D eigenvalue weighted by molar-refractivity contribution is -0.161. The quantitative estimate of drug-likeness (QED) is 0.0222. The number of esters is 4. The number of aliphatic hydroxyl groups excluding tert-OH is 1. The molecule has 0 aliphatic carbocycles. The Balaban J connectivity index is 5.16. The summed E-state index contributed by atoms with van der Waals surface area (Å²) in [5.74, 6) is -0.666. The standard InChI is InChI=1S/C66H128O17P2/c1-7-10-12-14-15-16-17-18-19-20-21-22-23-28-31-38-44-50-65(70)82-62(55-77-64(69)49-43-37-30-27-25-24-26-29-36-41-47-59(6)9-3)57-81-85(74,75)79-53-60(67)52-78-84(72,73)80-56-61(54-76-63(68)48-42-34-13-11-8-2)83-66(71)51-45-39-33-32-35-40-46-58(4)5/h58-62,67H,7-57H2,1-6H3,(H,72,73)(H,74,75)/t59?,60-,61+,62+/m0/s1. The Morgan fingerprint density at radius 3 is 0.894 bits per heavy atom. The minimum atomic E-state index is -4.95. The molecular weight excluding hydrogens is 1130 g/mol. The van der Waals surface area contributed by atoms with E-state index < -0.39 is 97.5 Å². The third-order valence-electron chi connectivity index (χ3n) is 15.6. The first-order chi connectivity index (χ1) is 40.9. The smallest absolute Gasteiger partial charge is 0.462 e. The molecule has 17 nitrogen and oxygen atoms in total. The van der Waals surface area contributed by atoms with E-state index in [9.17, 15) is 43.2 Å².